The van der Waals surface area contributed by atoms with Crippen LogP contribution in [0, 0.1) is 6.92 Å². The van der Waals surface area contributed by atoms with E-state index in [1.807, 2.05) is 58.9 Å². The summed E-state index contributed by atoms with van der Waals surface area (Å²) >= 11 is 6.23. The van der Waals surface area contributed by atoms with Gasteiger partial charge in [-0.2, -0.15) is 0 Å². The van der Waals surface area contributed by atoms with Gasteiger partial charge in [0.05, 0.1) is 24.1 Å². The van der Waals surface area contributed by atoms with E-state index in [0.717, 1.165) is 21.7 Å². The van der Waals surface area contributed by atoms with Gasteiger partial charge in [0.15, 0.2) is 0 Å². The van der Waals surface area contributed by atoms with Crippen molar-refractivity contribution in [2.24, 2.45) is 0 Å². The monoisotopic (exact) mass is 537 g/mol. The number of hydrogen-bond acceptors (Lipinski definition) is 5. The van der Waals surface area contributed by atoms with E-state index in [9.17, 15) is 18.0 Å². The first-order valence-corrected chi connectivity index (χ1v) is 13.9. The maximum atomic E-state index is 13.7. The summed E-state index contributed by atoms with van der Waals surface area (Å²) in [4.78, 5) is 28.4. The molecule has 10 heteroatoms. The van der Waals surface area contributed by atoms with Gasteiger partial charge in [0, 0.05) is 12.1 Å². The van der Waals surface area contributed by atoms with Crippen molar-refractivity contribution in [1.82, 2.24) is 10.2 Å². The molecule has 0 heterocycles. The third kappa shape index (κ3) is 7.86. The van der Waals surface area contributed by atoms with Crippen molar-refractivity contribution in [3.63, 3.8) is 0 Å². The molecule has 0 bridgehead atoms. The van der Waals surface area contributed by atoms with Crippen LogP contribution in [0.2, 0.25) is 5.02 Å². The molecule has 0 aliphatic carbocycles. The van der Waals surface area contributed by atoms with E-state index in [4.69, 9.17) is 16.3 Å². The zero-order chi connectivity index (χ0) is 27.3. The lowest BCUT2D eigenvalue weighted by Gasteiger charge is -2.34. The van der Waals surface area contributed by atoms with Crippen molar-refractivity contribution >= 4 is 39.1 Å². The van der Waals surface area contributed by atoms with Crippen LogP contribution in [0.4, 0.5) is 5.69 Å². The average molecular weight is 538 g/mol. The molecule has 1 atom stereocenters. The molecular formula is C26H36ClN3O5S. The molecular weight excluding hydrogens is 502 g/mol. The molecule has 1 unspecified atom stereocenters. The number of anilines is 1. The number of hydrogen-bond donors (Lipinski definition) is 1. The Morgan fingerprint density at radius 1 is 1.14 bits per heavy atom. The second-order valence-electron chi connectivity index (χ2n) is 9.70. The number of carbonyl (C=O) groups is 2. The molecule has 2 aromatic carbocycles. The smallest absolute Gasteiger partial charge is 0.244 e. The lowest BCUT2D eigenvalue weighted by Crippen LogP contribution is -2.55. The molecule has 2 aromatic rings. The Hall–Kier alpha value is -2.78. The summed E-state index contributed by atoms with van der Waals surface area (Å²) < 4.78 is 31.6. The highest BCUT2D eigenvalue weighted by Crippen LogP contribution is 2.30. The maximum Gasteiger partial charge on any atom is 0.244 e. The SMILES string of the molecule is CCC(C(=O)NC(C)(C)C)N(Cc1ccccc1C)C(=O)CN(c1ccc(OC)c(Cl)c1)S(C)(=O)=O. The molecule has 0 spiro atoms. The topological polar surface area (TPSA) is 96.0 Å². The number of benzene rings is 2. The number of nitrogens with zero attached hydrogens (tertiary/aromatic N) is 2. The zero-order valence-corrected chi connectivity index (χ0v) is 23.5. The summed E-state index contributed by atoms with van der Waals surface area (Å²) in [5.41, 5.74) is 1.55. The van der Waals surface area contributed by atoms with Gasteiger partial charge in [-0.3, -0.25) is 13.9 Å². The van der Waals surface area contributed by atoms with Gasteiger partial charge in [-0.15, -0.1) is 0 Å². The minimum atomic E-state index is -3.86. The Bertz CT molecular complexity index is 1190. The van der Waals surface area contributed by atoms with Gasteiger partial charge in [-0.1, -0.05) is 42.8 Å². The highest BCUT2D eigenvalue weighted by Gasteiger charge is 2.33. The van der Waals surface area contributed by atoms with Crippen LogP contribution in [0.15, 0.2) is 42.5 Å². The largest absolute Gasteiger partial charge is 0.495 e. The van der Waals surface area contributed by atoms with Crippen LogP contribution in [0.1, 0.15) is 45.2 Å². The van der Waals surface area contributed by atoms with Gasteiger partial charge in [0.1, 0.15) is 18.3 Å². The van der Waals surface area contributed by atoms with Crippen molar-refractivity contribution in [3.8, 4) is 5.75 Å². The fourth-order valence-electron chi connectivity index (χ4n) is 3.77. The molecule has 8 nitrogen and oxygen atoms in total. The normalized spacial score (nSPS) is 12.6. The molecule has 0 aliphatic rings. The Balaban J connectivity index is 2.50. The van der Waals surface area contributed by atoms with Crippen LogP contribution in [0.25, 0.3) is 0 Å². The number of halogens is 1. The second kappa shape index (κ2) is 12.0. The summed E-state index contributed by atoms with van der Waals surface area (Å²) in [5, 5.41) is 3.16. The van der Waals surface area contributed by atoms with Gasteiger partial charge < -0.3 is 15.0 Å². The third-order valence-corrected chi connectivity index (χ3v) is 7.02. The second-order valence-corrected chi connectivity index (χ2v) is 12.0. The Morgan fingerprint density at radius 2 is 1.78 bits per heavy atom. The van der Waals surface area contributed by atoms with Gasteiger partial charge in [-0.05, 0) is 63.4 Å². The van der Waals surface area contributed by atoms with Crippen molar-refractivity contribution in [2.75, 3.05) is 24.2 Å². The van der Waals surface area contributed by atoms with Crippen LogP contribution in [-0.2, 0) is 26.2 Å². The minimum Gasteiger partial charge on any atom is -0.495 e. The van der Waals surface area contributed by atoms with Gasteiger partial charge in [0.25, 0.3) is 0 Å². The first-order chi connectivity index (χ1) is 16.7. The Morgan fingerprint density at radius 3 is 2.28 bits per heavy atom. The number of amides is 2. The minimum absolute atomic E-state index is 0.155. The Labute approximate surface area is 219 Å². The summed E-state index contributed by atoms with van der Waals surface area (Å²) in [6.07, 6.45) is 1.38. The zero-order valence-electron chi connectivity index (χ0n) is 22.0. The predicted molar refractivity (Wildman–Crippen MR) is 144 cm³/mol. The van der Waals surface area contributed by atoms with Crippen LogP contribution in [0.3, 0.4) is 0 Å². The first kappa shape index (κ1) is 29.5. The molecule has 0 fully saturated rings. The van der Waals surface area contributed by atoms with Crippen LogP contribution >= 0.6 is 11.6 Å². The summed E-state index contributed by atoms with van der Waals surface area (Å²) in [6.45, 7) is 9.01. The molecule has 0 aromatic heterocycles. The molecule has 36 heavy (non-hydrogen) atoms. The number of rotatable bonds is 10. The molecule has 198 valence electrons. The highest BCUT2D eigenvalue weighted by molar-refractivity contribution is 7.92. The molecule has 0 saturated carbocycles. The van der Waals surface area contributed by atoms with Gasteiger partial charge >= 0.3 is 0 Å². The highest BCUT2D eigenvalue weighted by atomic mass is 35.5. The van der Waals surface area contributed by atoms with E-state index in [2.05, 4.69) is 5.32 Å². The fourth-order valence-corrected chi connectivity index (χ4v) is 4.86. The van der Waals surface area contributed by atoms with E-state index < -0.39 is 34.1 Å². The summed E-state index contributed by atoms with van der Waals surface area (Å²) in [7, 11) is -2.41. The van der Waals surface area contributed by atoms with E-state index in [0.29, 0.717) is 12.2 Å². The van der Waals surface area contributed by atoms with Gasteiger partial charge in [0.2, 0.25) is 21.8 Å². The third-order valence-electron chi connectivity index (χ3n) is 5.59. The Kier molecular flexibility index (Phi) is 9.79. The lowest BCUT2D eigenvalue weighted by atomic mass is 10.0. The predicted octanol–water partition coefficient (Wildman–Crippen LogP) is 4.15. The van der Waals surface area contributed by atoms with Crippen molar-refractivity contribution < 1.29 is 22.7 Å². The van der Waals surface area contributed by atoms with Crippen LogP contribution in [0.5, 0.6) is 5.75 Å². The summed E-state index contributed by atoms with van der Waals surface area (Å²) in [6, 6.07) is 11.3. The number of nitrogens with one attached hydrogen (secondary N) is 1. The summed E-state index contributed by atoms with van der Waals surface area (Å²) in [5.74, 6) is -0.428. The lowest BCUT2D eigenvalue weighted by molar-refractivity contribution is -0.141. The molecule has 0 aliphatic heterocycles. The molecule has 0 saturated heterocycles. The molecule has 2 amide bonds. The molecule has 0 radical (unpaired) electrons. The van der Waals surface area contributed by atoms with Crippen LogP contribution < -0.4 is 14.4 Å². The van der Waals surface area contributed by atoms with Crippen LogP contribution in [-0.4, -0.2) is 56.6 Å². The fraction of sp³-hybridized carbons (Fsp3) is 0.462. The number of ether oxygens (including phenoxy) is 1. The molecule has 2 rings (SSSR count). The van der Waals surface area contributed by atoms with E-state index in [1.54, 1.807) is 0 Å². The van der Waals surface area contributed by atoms with E-state index >= 15 is 0 Å². The van der Waals surface area contributed by atoms with Crippen molar-refractivity contribution in [3.05, 3.63) is 58.6 Å². The first-order valence-electron chi connectivity index (χ1n) is 11.6. The average Bonchev–Trinajstić information content (AvgIpc) is 2.76. The van der Waals surface area contributed by atoms with Crippen molar-refractivity contribution in [2.45, 2.75) is 59.2 Å². The number of aryl methyl sites for hydroxylation is 1. The molecule has 1 N–H and O–H groups in total. The van der Waals surface area contributed by atoms with Crippen molar-refractivity contribution in [1.29, 1.82) is 0 Å². The number of carbonyl (C=O) groups excluding carboxylic acids is 2. The standard InChI is InChI=1S/C26H36ClN3O5S/c1-8-22(25(32)28-26(3,4)5)29(16-19-12-10-9-11-18(19)2)24(31)17-30(36(7,33)34)20-13-14-23(35-6)21(27)15-20/h9-15,22H,8,16-17H2,1-7H3,(H,28,32). The van der Waals surface area contributed by atoms with E-state index in [-0.39, 0.29) is 23.2 Å². The maximum absolute atomic E-state index is 13.7. The van der Waals surface area contributed by atoms with Gasteiger partial charge in [-0.25, -0.2) is 8.42 Å². The quantitative estimate of drug-likeness (QED) is 0.491. The number of methoxy groups -OCH3 is 1. The number of sulfonamides is 1. The van der Waals surface area contributed by atoms with E-state index in [1.165, 1.54) is 30.2 Å².